The lowest BCUT2D eigenvalue weighted by Crippen LogP contribution is -2.16. The highest BCUT2D eigenvalue weighted by molar-refractivity contribution is 6.31. The van der Waals surface area contributed by atoms with E-state index < -0.39 is 11.9 Å². The van der Waals surface area contributed by atoms with Gasteiger partial charge in [-0.05, 0) is 58.0 Å². The maximum Gasteiger partial charge on any atom is 0.166 e. The molecular formula is C26H39ClFN5O. The first-order valence-corrected chi connectivity index (χ1v) is 11.8. The highest BCUT2D eigenvalue weighted by Gasteiger charge is 2.19. The summed E-state index contributed by atoms with van der Waals surface area (Å²) in [5.41, 5.74) is 9.26. The lowest BCUT2D eigenvalue weighted by atomic mass is 10.0. The molecule has 0 aliphatic rings. The van der Waals surface area contributed by atoms with Crippen LogP contribution in [0.4, 0.5) is 10.2 Å². The van der Waals surface area contributed by atoms with Crippen LogP contribution >= 0.6 is 11.6 Å². The highest BCUT2D eigenvalue weighted by Crippen LogP contribution is 2.35. The summed E-state index contributed by atoms with van der Waals surface area (Å²) < 4.78 is 22.0. The Hall–Kier alpha value is -2.64. The van der Waals surface area contributed by atoms with Gasteiger partial charge in [0.05, 0.1) is 17.3 Å². The minimum Gasteiger partial charge on any atom is -0.482 e. The Labute approximate surface area is 208 Å². The average molecular weight is 492 g/mol. The van der Waals surface area contributed by atoms with E-state index in [1.54, 1.807) is 12.3 Å². The summed E-state index contributed by atoms with van der Waals surface area (Å²) >= 11 is 6.19. The highest BCUT2D eigenvalue weighted by atomic mass is 35.5. The molecule has 0 radical (unpaired) electrons. The predicted molar refractivity (Wildman–Crippen MR) is 141 cm³/mol. The molecule has 34 heavy (non-hydrogen) atoms. The van der Waals surface area contributed by atoms with Crippen molar-refractivity contribution in [3.8, 4) is 16.9 Å². The number of aryl methyl sites for hydroxylation is 1. The summed E-state index contributed by atoms with van der Waals surface area (Å²) in [5.74, 6) is 0.196. The molecule has 188 valence electrons. The van der Waals surface area contributed by atoms with E-state index in [0.717, 1.165) is 36.1 Å². The van der Waals surface area contributed by atoms with Crippen LogP contribution < -0.4 is 15.8 Å². The van der Waals surface area contributed by atoms with Crippen LogP contribution in [0.15, 0.2) is 36.8 Å². The van der Waals surface area contributed by atoms with Gasteiger partial charge >= 0.3 is 0 Å². The second-order valence-corrected chi connectivity index (χ2v) is 8.00. The number of rotatable bonds is 9. The maximum atomic E-state index is 14.0. The number of anilines is 1. The van der Waals surface area contributed by atoms with Crippen LogP contribution in [0, 0.1) is 12.7 Å². The molecule has 3 rings (SSSR count). The molecule has 0 amide bonds. The van der Waals surface area contributed by atoms with Crippen LogP contribution in [-0.2, 0) is 0 Å². The van der Waals surface area contributed by atoms with E-state index in [1.807, 2.05) is 57.9 Å². The summed E-state index contributed by atoms with van der Waals surface area (Å²) in [5, 5.41) is 7.78. The summed E-state index contributed by atoms with van der Waals surface area (Å²) in [4.78, 5) is 4.29. The van der Waals surface area contributed by atoms with Crippen molar-refractivity contribution in [1.29, 1.82) is 0 Å². The lowest BCUT2D eigenvalue weighted by molar-refractivity contribution is 0.226. The number of nitrogens with zero attached hydrogens (tertiary/aromatic N) is 3. The quantitative estimate of drug-likeness (QED) is 0.337. The molecule has 1 unspecified atom stereocenters. The van der Waals surface area contributed by atoms with Gasteiger partial charge in [-0.25, -0.2) is 9.37 Å². The van der Waals surface area contributed by atoms with Crippen LogP contribution in [0.1, 0.15) is 71.2 Å². The van der Waals surface area contributed by atoms with E-state index in [0.29, 0.717) is 17.4 Å². The number of pyridine rings is 1. The molecule has 2 heterocycles. The Morgan fingerprint density at radius 3 is 2.59 bits per heavy atom. The molecule has 0 fully saturated rings. The van der Waals surface area contributed by atoms with Crippen molar-refractivity contribution in [1.82, 2.24) is 20.1 Å². The number of hydrogen-bond donors (Lipinski definition) is 2. The number of hydrogen-bond acceptors (Lipinski definition) is 5. The van der Waals surface area contributed by atoms with Crippen molar-refractivity contribution < 1.29 is 9.13 Å². The first kappa shape index (κ1) is 29.4. The summed E-state index contributed by atoms with van der Waals surface area (Å²) in [6.45, 7) is 10.8. The number of nitrogens with two attached hydrogens (primary N) is 1. The topological polar surface area (TPSA) is 78.0 Å². The van der Waals surface area contributed by atoms with Gasteiger partial charge in [0.1, 0.15) is 11.9 Å². The fraction of sp³-hybridized carbons (Fsp3) is 0.462. The molecule has 0 spiro atoms. The summed E-state index contributed by atoms with van der Waals surface area (Å²) in [6.07, 6.45) is 7.00. The van der Waals surface area contributed by atoms with Crippen molar-refractivity contribution in [2.75, 3.05) is 19.3 Å². The summed E-state index contributed by atoms with van der Waals surface area (Å²) in [7, 11) is 1.95. The molecule has 1 aromatic carbocycles. The van der Waals surface area contributed by atoms with Gasteiger partial charge in [-0.15, -0.1) is 0 Å². The second-order valence-electron chi connectivity index (χ2n) is 7.62. The van der Waals surface area contributed by atoms with Gasteiger partial charge < -0.3 is 15.8 Å². The van der Waals surface area contributed by atoms with Gasteiger partial charge in [0.25, 0.3) is 0 Å². The minimum absolute atomic E-state index is 0. The normalized spacial score (nSPS) is 12.2. The molecule has 3 N–H and O–H groups in total. The predicted octanol–water partition coefficient (Wildman–Crippen LogP) is 6.99. The van der Waals surface area contributed by atoms with Gasteiger partial charge in [-0.3, -0.25) is 4.68 Å². The third kappa shape index (κ3) is 6.93. The third-order valence-corrected chi connectivity index (χ3v) is 5.83. The monoisotopic (exact) mass is 491 g/mol. The molecular weight excluding hydrogens is 453 g/mol. The number of aromatic nitrogens is 3. The maximum absolute atomic E-state index is 14.0. The number of nitrogen functional groups attached to an aromatic ring is 1. The fourth-order valence-electron chi connectivity index (χ4n) is 3.64. The van der Waals surface area contributed by atoms with Gasteiger partial charge in [0, 0.05) is 29.1 Å². The smallest absolute Gasteiger partial charge is 0.166 e. The largest absolute Gasteiger partial charge is 0.482 e. The van der Waals surface area contributed by atoms with Crippen molar-refractivity contribution in [3.05, 3.63) is 58.8 Å². The first-order chi connectivity index (χ1) is 15.8. The van der Waals surface area contributed by atoms with Crippen LogP contribution in [0.3, 0.4) is 0 Å². The molecule has 2 atom stereocenters. The Morgan fingerprint density at radius 2 is 1.94 bits per heavy atom. The van der Waals surface area contributed by atoms with Crippen molar-refractivity contribution in [2.45, 2.75) is 67.0 Å². The molecule has 0 saturated carbocycles. The SMILES string of the molecule is C.CC.CCC(CCNC)n1cc(-c2cnc(N)c(O[C@H](C)c3c(C)ccc(F)c3Cl)c2)cn1. The van der Waals surface area contributed by atoms with Gasteiger partial charge in [-0.2, -0.15) is 5.10 Å². The third-order valence-electron chi connectivity index (χ3n) is 5.45. The number of ether oxygens (including phenoxy) is 1. The number of benzene rings is 1. The molecule has 0 aliphatic heterocycles. The van der Waals surface area contributed by atoms with Crippen LogP contribution in [0.25, 0.3) is 11.1 Å². The average Bonchev–Trinajstić information content (AvgIpc) is 3.30. The number of halogens is 2. The minimum atomic E-state index is -0.503. The van der Waals surface area contributed by atoms with Crippen molar-refractivity contribution in [2.24, 2.45) is 0 Å². The Kier molecular flexibility index (Phi) is 12.0. The Bertz CT molecular complexity index is 1040. The van der Waals surface area contributed by atoms with E-state index in [9.17, 15) is 4.39 Å². The molecule has 0 saturated heterocycles. The van der Waals surface area contributed by atoms with E-state index in [-0.39, 0.29) is 18.3 Å². The van der Waals surface area contributed by atoms with E-state index in [2.05, 4.69) is 22.3 Å². The van der Waals surface area contributed by atoms with Gasteiger partial charge in [0.2, 0.25) is 0 Å². The standard InChI is InChI=1S/C23H29ClFN5O.C2H6.CH4/c1-5-18(8-9-27-4)30-13-17(12-29-30)16-10-20(23(26)28-11-16)31-15(3)21-14(2)6-7-19(25)22(21)24;1-2;/h6-7,10-13,15,18,27H,5,8-9H2,1-4H3,(H2,26,28);1-2H3;1H4/t15-,18?;;/m1../s1. The number of nitrogens with one attached hydrogen (secondary N) is 1. The Morgan fingerprint density at radius 1 is 1.24 bits per heavy atom. The summed E-state index contributed by atoms with van der Waals surface area (Å²) in [6, 6.07) is 5.18. The van der Waals surface area contributed by atoms with Crippen LogP contribution in [-0.4, -0.2) is 28.4 Å². The zero-order valence-electron chi connectivity index (χ0n) is 20.3. The van der Waals surface area contributed by atoms with E-state index in [1.165, 1.54) is 6.07 Å². The first-order valence-electron chi connectivity index (χ1n) is 11.4. The van der Waals surface area contributed by atoms with Crippen LogP contribution in [0.2, 0.25) is 5.02 Å². The Balaban J connectivity index is 0.00000188. The fourth-order valence-corrected chi connectivity index (χ4v) is 4.01. The molecule has 2 aromatic heterocycles. The van der Waals surface area contributed by atoms with Gasteiger partial charge in [0.15, 0.2) is 11.6 Å². The molecule has 3 aromatic rings. The molecule has 6 nitrogen and oxygen atoms in total. The van der Waals surface area contributed by atoms with Crippen LogP contribution in [0.5, 0.6) is 5.75 Å². The zero-order valence-corrected chi connectivity index (χ0v) is 21.1. The molecule has 0 aliphatic carbocycles. The lowest BCUT2D eigenvalue weighted by Gasteiger charge is -2.20. The van der Waals surface area contributed by atoms with Gasteiger partial charge in [-0.1, -0.05) is 45.9 Å². The van der Waals surface area contributed by atoms with Crippen molar-refractivity contribution >= 4 is 17.4 Å². The zero-order chi connectivity index (χ0) is 24.5. The second kappa shape index (κ2) is 13.9. The van der Waals surface area contributed by atoms with E-state index in [4.69, 9.17) is 22.1 Å². The molecule has 0 bridgehead atoms. The molecule has 8 heteroatoms. The van der Waals surface area contributed by atoms with E-state index >= 15 is 0 Å². The van der Waals surface area contributed by atoms with Crippen molar-refractivity contribution in [3.63, 3.8) is 0 Å².